The SMILES string of the molecule is Cc1cc(C#N)cc(NC(C)c2nc(C(=O)O)cs2)n1. The van der Waals surface area contributed by atoms with E-state index in [0.717, 1.165) is 5.69 Å². The Kier molecular flexibility index (Phi) is 3.96. The molecule has 0 spiro atoms. The number of anilines is 1. The molecule has 1 unspecified atom stereocenters. The van der Waals surface area contributed by atoms with Crippen molar-refractivity contribution in [3.8, 4) is 6.07 Å². The van der Waals surface area contributed by atoms with E-state index < -0.39 is 5.97 Å². The number of carboxylic acids is 1. The molecule has 2 heterocycles. The highest BCUT2D eigenvalue weighted by Gasteiger charge is 2.14. The summed E-state index contributed by atoms with van der Waals surface area (Å²) in [5.74, 6) is -0.471. The fraction of sp³-hybridized carbons (Fsp3) is 0.231. The van der Waals surface area contributed by atoms with Gasteiger partial charge in [-0.25, -0.2) is 14.8 Å². The van der Waals surface area contributed by atoms with Crippen LogP contribution in [0.1, 0.15) is 39.7 Å². The maximum atomic E-state index is 10.8. The summed E-state index contributed by atoms with van der Waals surface area (Å²) in [5.41, 5.74) is 1.30. The number of aryl methyl sites for hydroxylation is 1. The lowest BCUT2D eigenvalue weighted by molar-refractivity contribution is 0.0691. The van der Waals surface area contributed by atoms with E-state index in [1.54, 1.807) is 12.1 Å². The molecule has 0 aromatic carbocycles. The van der Waals surface area contributed by atoms with Crippen molar-refractivity contribution < 1.29 is 9.90 Å². The van der Waals surface area contributed by atoms with Gasteiger partial charge in [0.1, 0.15) is 10.8 Å². The van der Waals surface area contributed by atoms with Crippen molar-refractivity contribution >= 4 is 23.1 Å². The molecule has 1 atom stereocenters. The Morgan fingerprint density at radius 1 is 1.50 bits per heavy atom. The number of aromatic nitrogens is 2. The van der Waals surface area contributed by atoms with Gasteiger partial charge < -0.3 is 10.4 Å². The standard InChI is InChI=1S/C13H12N4O2S/c1-7-3-9(5-14)4-11(15-7)16-8(2)12-17-10(6-20-12)13(18)19/h3-4,6,8H,1-2H3,(H,15,16)(H,18,19). The van der Waals surface area contributed by atoms with Crippen LogP contribution in [0.5, 0.6) is 0 Å². The van der Waals surface area contributed by atoms with Crippen LogP contribution >= 0.6 is 11.3 Å². The normalized spacial score (nSPS) is 11.7. The Morgan fingerprint density at radius 2 is 2.25 bits per heavy atom. The molecule has 7 heteroatoms. The Morgan fingerprint density at radius 3 is 2.85 bits per heavy atom. The molecule has 0 fully saturated rings. The fourth-order valence-electron chi connectivity index (χ4n) is 1.68. The van der Waals surface area contributed by atoms with Crippen LogP contribution in [-0.2, 0) is 0 Å². The number of carboxylic acid groups (broad SMARTS) is 1. The van der Waals surface area contributed by atoms with Crippen LogP contribution in [-0.4, -0.2) is 21.0 Å². The number of nitrogens with zero attached hydrogens (tertiary/aromatic N) is 3. The zero-order valence-corrected chi connectivity index (χ0v) is 11.7. The first-order valence-electron chi connectivity index (χ1n) is 5.83. The lowest BCUT2D eigenvalue weighted by Crippen LogP contribution is -2.09. The first-order valence-corrected chi connectivity index (χ1v) is 6.71. The van der Waals surface area contributed by atoms with E-state index >= 15 is 0 Å². The monoisotopic (exact) mass is 288 g/mol. The van der Waals surface area contributed by atoms with E-state index in [2.05, 4.69) is 21.4 Å². The van der Waals surface area contributed by atoms with Crippen molar-refractivity contribution in [1.82, 2.24) is 9.97 Å². The van der Waals surface area contributed by atoms with Gasteiger partial charge in [-0.1, -0.05) is 0 Å². The topological polar surface area (TPSA) is 98.9 Å². The number of thiazole rings is 1. The largest absolute Gasteiger partial charge is 0.476 e. The van der Waals surface area contributed by atoms with E-state index in [-0.39, 0.29) is 11.7 Å². The average molecular weight is 288 g/mol. The lowest BCUT2D eigenvalue weighted by atomic mass is 10.2. The minimum Gasteiger partial charge on any atom is -0.476 e. The van der Waals surface area contributed by atoms with Gasteiger partial charge in [-0.3, -0.25) is 0 Å². The van der Waals surface area contributed by atoms with Gasteiger partial charge >= 0.3 is 5.97 Å². The number of pyridine rings is 1. The van der Waals surface area contributed by atoms with Gasteiger partial charge in [-0.05, 0) is 26.0 Å². The number of nitriles is 1. The minimum atomic E-state index is -1.04. The molecule has 2 aromatic heterocycles. The molecule has 0 saturated heterocycles. The summed E-state index contributed by atoms with van der Waals surface area (Å²) in [6.07, 6.45) is 0. The van der Waals surface area contributed by atoms with Crippen LogP contribution in [0.2, 0.25) is 0 Å². The third-order valence-electron chi connectivity index (χ3n) is 2.56. The highest BCUT2D eigenvalue weighted by molar-refractivity contribution is 7.09. The number of carbonyl (C=O) groups is 1. The van der Waals surface area contributed by atoms with Gasteiger partial charge in [-0.2, -0.15) is 5.26 Å². The van der Waals surface area contributed by atoms with Crippen molar-refractivity contribution in [2.45, 2.75) is 19.9 Å². The highest BCUT2D eigenvalue weighted by atomic mass is 32.1. The van der Waals surface area contributed by atoms with E-state index in [9.17, 15) is 4.79 Å². The van der Waals surface area contributed by atoms with E-state index in [0.29, 0.717) is 16.4 Å². The summed E-state index contributed by atoms with van der Waals surface area (Å²) in [5, 5.41) is 23.0. The molecular weight excluding hydrogens is 276 g/mol. The van der Waals surface area contributed by atoms with Gasteiger partial charge in [0, 0.05) is 11.1 Å². The molecule has 0 bridgehead atoms. The molecule has 20 heavy (non-hydrogen) atoms. The van der Waals surface area contributed by atoms with Gasteiger partial charge in [0.25, 0.3) is 0 Å². The van der Waals surface area contributed by atoms with Crippen molar-refractivity contribution in [3.05, 3.63) is 39.5 Å². The van der Waals surface area contributed by atoms with Gasteiger partial charge in [0.05, 0.1) is 17.7 Å². The molecule has 102 valence electrons. The van der Waals surface area contributed by atoms with E-state index in [1.807, 2.05) is 13.8 Å². The fourth-order valence-corrected chi connectivity index (χ4v) is 2.48. The van der Waals surface area contributed by atoms with Crippen LogP contribution in [0.15, 0.2) is 17.5 Å². The number of aromatic carboxylic acids is 1. The van der Waals surface area contributed by atoms with Crippen LogP contribution < -0.4 is 5.32 Å². The highest BCUT2D eigenvalue weighted by Crippen LogP contribution is 2.22. The van der Waals surface area contributed by atoms with Crippen molar-refractivity contribution in [1.29, 1.82) is 5.26 Å². The predicted octanol–water partition coefficient (Wildman–Crippen LogP) is 2.59. The molecule has 0 aliphatic heterocycles. The number of rotatable bonds is 4. The molecule has 2 rings (SSSR count). The minimum absolute atomic E-state index is 0.0357. The number of nitrogens with one attached hydrogen (secondary N) is 1. The second-order valence-corrected chi connectivity index (χ2v) is 5.13. The zero-order chi connectivity index (χ0) is 14.7. The van der Waals surface area contributed by atoms with Crippen LogP contribution in [0, 0.1) is 18.3 Å². The molecule has 2 aromatic rings. The van der Waals surface area contributed by atoms with Crippen LogP contribution in [0.25, 0.3) is 0 Å². The van der Waals surface area contributed by atoms with Crippen molar-refractivity contribution in [2.24, 2.45) is 0 Å². The van der Waals surface area contributed by atoms with Crippen LogP contribution in [0.4, 0.5) is 5.82 Å². The maximum absolute atomic E-state index is 10.8. The van der Waals surface area contributed by atoms with E-state index in [4.69, 9.17) is 10.4 Å². The van der Waals surface area contributed by atoms with Gasteiger partial charge in [-0.15, -0.1) is 11.3 Å². The van der Waals surface area contributed by atoms with Crippen LogP contribution in [0.3, 0.4) is 0 Å². The molecular formula is C13H12N4O2S. The maximum Gasteiger partial charge on any atom is 0.355 e. The third-order valence-corrected chi connectivity index (χ3v) is 3.59. The average Bonchev–Trinajstić information content (AvgIpc) is 2.87. The van der Waals surface area contributed by atoms with E-state index in [1.165, 1.54) is 16.7 Å². The van der Waals surface area contributed by atoms with Gasteiger partial charge in [0.15, 0.2) is 5.69 Å². The summed E-state index contributed by atoms with van der Waals surface area (Å²) in [4.78, 5) is 19.1. The van der Waals surface area contributed by atoms with Crippen molar-refractivity contribution in [3.63, 3.8) is 0 Å². The Hall–Kier alpha value is -2.46. The first kappa shape index (κ1) is 14.0. The Bertz CT molecular complexity index is 690. The summed E-state index contributed by atoms with van der Waals surface area (Å²) < 4.78 is 0. The molecule has 2 N–H and O–H groups in total. The zero-order valence-electron chi connectivity index (χ0n) is 10.9. The molecule has 0 radical (unpaired) electrons. The first-order chi connectivity index (χ1) is 9.49. The Labute approximate surface area is 119 Å². The number of hydrogen-bond donors (Lipinski definition) is 2. The molecule has 6 nitrogen and oxygen atoms in total. The Balaban J connectivity index is 2.18. The van der Waals surface area contributed by atoms with Crippen molar-refractivity contribution in [2.75, 3.05) is 5.32 Å². The smallest absolute Gasteiger partial charge is 0.355 e. The number of hydrogen-bond acceptors (Lipinski definition) is 6. The molecule has 0 saturated carbocycles. The summed E-state index contributed by atoms with van der Waals surface area (Å²) in [6.45, 7) is 3.67. The molecule has 0 amide bonds. The lowest BCUT2D eigenvalue weighted by Gasteiger charge is -2.12. The predicted molar refractivity (Wildman–Crippen MR) is 74.8 cm³/mol. The summed E-state index contributed by atoms with van der Waals surface area (Å²) in [6, 6.07) is 5.23. The third kappa shape index (κ3) is 3.10. The summed E-state index contributed by atoms with van der Waals surface area (Å²) >= 11 is 1.27. The van der Waals surface area contributed by atoms with Gasteiger partial charge in [0.2, 0.25) is 0 Å². The second-order valence-electron chi connectivity index (χ2n) is 4.24. The molecule has 0 aliphatic carbocycles. The summed E-state index contributed by atoms with van der Waals surface area (Å²) in [7, 11) is 0. The quantitative estimate of drug-likeness (QED) is 0.897. The molecule has 0 aliphatic rings. The second kappa shape index (κ2) is 5.67.